The fourth-order valence-corrected chi connectivity index (χ4v) is 2.83. The predicted octanol–water partition coefficient (Wildman–Crippen LogP) is 2.29. The zero-order chi connectivity index (χ0) is 18.9. The summed E-state index contributed by atoms with van der Waals surface area (Å²) in [6.45, 7) is 1.70. The Kier molecular flexibility index (Phi) is 7.16. The summed E-state index contributed by atoms with van der Waals surface area (Å²) in [5.74, 6) is -0.823. The van der Waals surface area contributed by atoms with E-state index in [1.165, 1.54) is 13.2 Å². The second-order valence-electron chi connectivity index (χ2n) is 5.39. The minimum Gasteiger partial charge on any atom is -0.496 e. The molecule has 0 saturated heterocycles. The molecule has 0 radical (unpaired) electrons. The molecular formula is C18H20N2O5S. The number of urea groups is 1. The molecule has 0 fully saturated rings. The number of ether oxygens (including phenoxy) is 2. The van der Waals surface area contributed by atoms with Crippen molar-refractivity contribution in [2.75, 3.05) is 20.3 Å². The normalized spacial score (nSPS) is 10.1. The van der Waals surface area contributed by atoms with Gasteiger partial charge >= 0.3 is 12.0 Å². The highest BCUT2D eigenvalue weighted by molar-refractivity contribution is 7.09. The van der Waals surface area contributed by atoms with Gasteiger partial charge in [0, 0.05) is 11.4 Å². The molecule has 8 heteroatoms. The number of imide groups is 1. The minimum absolute atomic E-state index is 0.264. The number of carbonyl (C=O) groups is 3. The zero-order valence-electron chi connectivity index (χ0n) is 14.5. The second kappa shape index (κ2) is 9.57. The number of thiophene rings is 1. The van der Waals surface area contributed by atoms with Crippen LogP contribution in [0.15, 0.2) is 35.7 Å². The summed E-state index contributed by atoms with van der Waals surface area (Å²) in [5, 5.41) is 6.64. The average molecular weight is 376 g/mol. The molecular weight excluding hydrogens is 356 g/mol. The number of rotatable bonds is 7. The number of aryl methyl sites for hydroxylation is 1. The van der Waals surface area contributed by atoms with Crippen molar-refractivity contribution in [1.29, 1.82) is 0 Å². The molecule has 2 aromatic rings. The Balaban J connectivity index is 1.72. The molecule has 0 aliphatic rings. The van der Waals surface area contributed by atoms with Crippen LogP contribution in [0.3, 0.4) is 0 Å². The molecule has 26 heavy (non-hydrogen) atoms. The van der Waals surface area contributed by atoms with E-state index < -0.39 is 24.5 Å². The number of methoxy groups -OCH3 is 1. The predicted molar refractivity (Wildman–Crippen MR) is 97.6 cm³/mol. The van der Waals surface area contributed by atoms with E-state index in [-0.39, 0.29) is 5.56 Å². The summed E-state index contributed by atoms with van der Waals surface area (Å²) in [5.41, 5.74) is 1.14. The summed E-state index contributed by atoms with van der Waals surface area (Å²) in [7, 11) is 1.50. The molecule has 0 aliphatic heterocycles. The highest BCUT2D eigenvalue weighted by Gasteiger charge is 2.13. The fraction of sp³-hybridized carbons (Fsp3) is 0.278. The molecule has 1 aromatic carbocycles. The lowest BCUT2D eigenvalue weighted by molar-refractivity contribution is -0.123. The Morgan fingerprint density at radius 2 is 2.00 bits per heavy atom. The van der Waals surface area contributed by atoms with Crippen LogP contribution in [0.5, 0.6) is 5.75 Å². The molecule has 2 N–H and O–H groups in total. The molecule has 0 atom stereocenters. The number of nitrogens with one attached hydrogen (secondary N) is 2. The molecule has 0 spiro atoms. The van der Waals surface area contributed by atoms with Crippen LogP contribution in [0.25, 0.3) is 0 Å². The Labute approximate surface area is 155 Å². The topological polar surface area (TPSA) is 93.7 Å². The summed E-state index contributed by atoms with van der Waals surface area (Å²) in [6.07, 6.45) is 0.684. The maximum atomic E-state index is 12.0. The fourth-order valence-electron chi connectivity index (χ4n) is 2.12. The zero-order valence-corrected chi connectivity index (χ0v) is 15.4. The lowest BCUT2D eigenvalue weighted by Crippen LogP contribution is -2.42. The first kappa shape index (κ1) is 19.5. The summed E-state index contributed by atoms with van der Waals surface area (Å²) < 4.78 is 10.0. The van der Waals surface area contributed by atoms with Crippen LogP contribution in [0.4, 0.5) is 4.79 Å². The van der Waals surface area contributed by atoms with Gasteiger partial charge in [0.25, 0.3) is 5.91 Å². The number of carbonyl (C=O) groups excluding carboxylic acids is 3. The van der Waals surface area contributed by atoms with Gasteiger partial charge in [-0.15, -0.1) is 11.3 Å². The molecule has 1 aromatic heterocycles. The molecule has 3 amide bonds. The Bertz CT molecular complexity index is 774. The first-order valence-corrected chi connectivity index (χ1v) is 8.79. The SMILES string of the molecule is COc1cc(C(=O)OCC(=O)NC(=O)NCCc2cccs2)ccc1C. The summed E-state index contributed by atoms with van der Waals surface area (Å²) >= 11 is 1.60. The van der Waals surface area contributed by atoms with Gasteiger partial charge < -0.3 is 14.8 Å². The van der Waals surface area contributed by atoms with E-state index >= 15 is 0 Å². The largest absolute Gasteiger partial charge is 0.496 e. The van der Waals surface area contributed by atoms with Crippen molar-refractivity contribution >= 4 is 29.2 Å². The van der Waals surface area contributed by atoms with Gasteiger partial charge in [-0.3, -0.25) is 10.1 Å². The third-order valence-corrected chi connectivity index (χ3v) is 4.40. The van der Waals surface area contributed by atoms with Crippen molar-refractivity contribution in [1.82, 2.24) is 10.6 Å². The molecule has 7 nitrogen and oxygen atoms in total. The summed E-state index contributed by atoms with van der Waals surface area (Å²) in [4.78, 5) is 36.4. The van der Waals surface area contributed by atoms with Crippen LogP contribution in [0.1, 0.15) is 20.8 Å². The molecule has 138 valence electrons. The van der Waals surface area contributed by atoms with Crippen LogP contribution in [0, 0.1) is 6.92 Å². The van der Waals surface area contributed by atoms with E-state index in [1.807, 2.05) is 24.4 Å². The second-order valence-corrected chi connectivity index (χ2v) is 6.43. The smallest absolute Gasteiger partial charge is 0.338 e. The lowest BCUT2D eigenvalue weighted by atomic mass is 10.1. The van der Waals surface area contributed by atoms with Crippen LogP contribution < -0.4 is 15.4 Å². The third-order valence-electron chi connectivity index (χ3n) is 3.47. The first-order valence-electron chi connectivity index (χ1n) is 7.91. The summed E-state index contributed by atoms with van der Waals surface area (Å²) in [6, 6.07) is 8.11. The van der Waals surface area contributed by atoms with Crippen molar-refractivity contribution in [2.45, 2.75) is 13.3 Å². The molecule has 1 heterocycles. The molecule has 0 saturated carbocycles. The van der Waals surface area contributed by atoms with Crippen molar-refractivity contribution in [3.63, 3.8) is 0 Å². The number of esters is 1. The Morgan fingerprint density at radius 3 is 2.69 bits per heavy atom. The molecule has 0 bridgehead atoms. The van der Waals surface area contributed by atoms with Gasteiger partial charge in [0.15, 0.2) is 6.61 Å². The van der Waals surface area contributed by atoms with E-state index in [2.05, 4.69) is 10.6 Å². The standard InChI is InChI=1S/C18H20N2O5S/c1-12-5-6-13(10-15(12)24-2)17(22)25-11-16(21)20-18(23)19-8-7-14-4-3-9-26-14/h3-6,9-10H,7-8,11H2,1-2H3,(H2,19,20,21,23). The van der Waals surface area contributed by atoms with Crippen molar-refractivity contribution in [2.24, 2.45) is 0 Å². The maximum absolute atomic E-state index is 12.0. The van der Waals surface area contributed by atoms with Crippen LogP contribution in [-0.4, -0.2) is 38.2 Å². The van der Waals surface area contributed by atoms with E-state index in [9.17, 15) is 14.4 Å². The highest BCUT2D eigenvalue weighted by atomic mass is 32.1. The number of hydrogen-bond donors (Lipinski definition) is 2. The van der Waals surface area contributed by atoms with Crippen molar-refractivity contribution < 1.29 is 23.9 Å². The monoisotopic (exact) mass is 376 g/mol. The Morgan fingerprint density at radius 1 is 1.19 bits per heavy atom. The van der Waals surface area contributed by atoms with E-state index in [1.54, 1.807) is 23.5 Å². The lowest BCUT2D eigenvalue weighted by Gasteiger charge is -2.09. The molecule has 0 unspecified atom stereocenters. The number of benzene rings is 1. The quantitative estimate of drug-likeness (QED) is 0.723. The highest BCUT2D eigenvalue weighted by Crippen LogP contribution is 2.19. The number of hydrogen-bond acceptors (Lipinski definition) is 6. The van der Waals surface area contributed by atoms with Gasteiger partial charge in [0.2, 0.25) is 0 Å². The van der Waals surface area contributed by atoms with E-state index in [0.717, 1.165) is 10.4 Å². The molecule has 0 aliphatic carbocycles. The maximum Gasteiger partial charge on any atom is 0.338 e. The van der Waals surface area contributed by atoms with Gasteiger partial charge in [0.1, 0.15) is 5.75 Å². The number of amides is 3. The average Bonchev–Trinajstić information content (AvgIpc) is 3.13. The molecule has 2 rings (SSSR count). The van der Waals surface area contributed by atoms with Crippen molar-refractivity contribution in [3.8, 4) is 5.75 Å². The first-order chi connectivity index (χ1) is 12.5. The van der Waals surface area contributed by atoms with Crippen LogP contribution in [-0.2, 0) is 16.0 Å². The Hall–Kier alpha value is -2.87. The van der Waals surface area contributed by atoms with E-state index in [4.69, 9.17) is 9.47 Å². The van der Waals surface area contributed by atoms with Crippen molar-refractivity contribution in [3.05, 3.63) is 51.7 Å². The minimum atomic E-state index is -0.703. The van der Waals surface area contributed by atoms with Crippen LogP contribution in [0.2, 0.25) is 0 Å². The third kappa shape index (κ3) is 5.89. The van der Waals surface area contributed by atoms with Gasteiger partial charge in [-0.25, -0.2) is 9.59 Å². The van der Waals surface area contributed by atoms with Gasteiger partial charge in [0.05, 0.1) is 12.7 Å². The van der Waals surface area contributed by atoms with Crippen LogP contribution >= 0.6 is 11.3 Å². The van der Waals surface area contributed by atoms with Gasteiger partial charge in [-0.2, -0.15) is 0 Å². The van der Waals surface area contributed by atoms with Gasteiger partial charge in [-0.1, -0.05) is 12.1 Å². The van der Waals surface area contributed by atoms with E-state index in [0.29, 0.717) is 18.7 Å². The van der Waals surface area contributed by atoms with Gasteiger partial charge in [-0.05, 0) is 42.5 Å².